The Bertz CT molecular complexity index is 387. The number of rotatable bonds is 2. The molecule has 0 atom stereocenters. The van der Waals surface area contributed by atoms with E-state index in [1.165, 1.54) is 6.08 Å². The van der Waals surface area contributed by atoms with Crippen LogP contribution in [0.25, 0.3) is 6.08 Å². The van der Waals surface area contributed by atoms with Gasteiger partial charge in [-0.3, -0.25) is 0 Å². The summed E-state index contributed by atoms with van der Waals surface area (Å²) in [5, 5.41) is -0.109. The Labute approximate surface area is 106 Å². The summed E-state index contributed by atoms with van der Waals surface area (Å²) in [7, 11) is 0. The number of alkyl halides is 4. The summed E-state index contributed by atoms with van der Waals surface area (Å²) in [6.45, 7) is 0. The summed E-state index contributed by atoms with van der Waals surface area (Å²) in [4.78, 5) is 0. The Hall–Kier alpha value is -0.380. The zero-order valence-electron chi connectivity index (χ0n) is 7.78. The largest absolute Gasteiger partial charge is 0.416 e. The lowest BCUT2D eigenvalue weighted by Crippen LogP contribution is -2.05. The lowest BCUT2D eigenvalue weighted by Gasteiger charge is -2.10. The van der Waals surface area contributed by atoms with Gasteiger partial charge < -0.3 is 0 Å². The van der Waals surface area contributed by atoms with E-state index < -0.39 is 11.7 Å². The molecule has 0 aromatic heterocycles. The minimum absolute atomic E-state index is 0.0545. The van der Waals surface area contributed by atoms with E-state index in [1.807, 2.05) is 0 Å². The number of benzene rings is 1. The van der Waals surface area contributed by atoms with E-state index in [0.717, 1.165) is 12.1 Å². The third kappa shape index (κ3) is 3.30. The topological polar surface area (TPSA) is 0 Å². The maximum atomic E-state index is 12.4. The lowest BCUT2D eigenvalue weighted by molar-refractivity contribution is -0.137. The quantitative estimate of drug-likeness (QED) is 0.651. The first kappa shape index (κ1) is 13.7. The molecule has 0 heterocycles. The standard InChI is InChI=1S/C10H6Cl3F3/c11-3-1-2-7-8(12)4-6(5-9(7)13)10(14,15)16/h1-2,4-5H,3H2. The van der Waals surface area contributed by atoms with Gasteiger partial charge in [-0.25, -0.2) is 0 Å². The van der Waals surface area contributed by atoms with E-state index >= 15 is 0 Å². The van der Waals surface area contributed by atoms with Crippen molar-refractivity contribution in [1.29, 1.82) is 0 Å². The summed E-state index contributed by atoms with van der Waals surface area (Å²) < 4.78 is 37.1. The van der Waals surface area contributed by atoms with Crippen LogP contribution in [-0.4, -0.2) is 5.88 Å². The molecule has 0 N–H and O–H groups in total. The zero-order valence-corrected chi connectivity index (χ0v) is 10.1. The van der Waals surface area contributed by atoms with Crippen LogP contribution in [0.1, 0.15) is 11.1 Å². The van der Waals surface area contributed by atoms with Crippen molar-refractivity contribution in [3.8, 4) is 0 Å². The minimum Gasteiger partial charge on any atom is -0.166 e. The second-order valence-electron chi connectivity index (χ2n) is 2.91. The van der Waals surface area contributed by atoms with Crippen LogP contribution in [0, 0.1) is 0 Å². The van der Waals surface area contributed by atoms with E-state index in [-0.39, 0.29) is 15.9 Å². The summed E-state index contributed by atoms with van der Waals surface area (Å²) in [5.74, 6) is 0.230. The molecule has 1 aromatic carbocycles. The van der Waals surface area contributed by atoms with Gasteiger partial charge in [0.25, 0.3) is 0 Å². The maximum absolute atomic E-state index is 12.4. The number of halogens is 6. The van der Waals surface area contributed by atoms with Crippen LogP contribution >= 0.6 is 34.8 Å². The van der Waals surface area contributed by atoms with E-state index in [0.29, 0.717) is 5.56 Å². The lowest BCUT2D eigenvalue weighted by atomic mass is 10.1. The molecule has 0 spiro atoms. The van der Waals surface area contributed by atoms with Gasteiger partial charge in [0.1, 0.15) is 0 Å². The fraction of sp³-hybridized carbons (Fsp3) is 0.200. The molecule has 0 saturated carbocycles. The Kier molecular flexibility index (Phi) is 4.53. The molecule has 88 valence electrons. The van der Waals surface area contributed by atoms with Crippen LogP contribution in [0.4, 0.5) is 13.2 Å². The molecule has 1 rings (SSSR count). The van der Waals surface area contributed by atoms with Gasteiger partial charge in [-0.2, -0.15) is 13.2 Å². The van der Waals surface area contributed by atoms with Crippen molar-refractivity contribution in [2.45, 2.75) is 6.18 Å². The Balaban J connectivity index is 3.23. The highest BCUT2D eigenvalue weighted by atomic mass is 35.5. The second-order valence-corrected chi connectivity index (χ2v) is 4.03. The average Bonchev–Trinajstić information content (AvgIpc) is 2.15. The molecule has 6 heteroatoms. The van der Waals surface area contributed by atoms with Crippen molar-refractivity contribution in [2.75, 3.05) is 5.88 Å². The average molecular weight is 290 g/mol. The molecule has 0 bridgehead atoms. The molecule has 0 unspecified atom stereocenters. The molecule has 0 fully saturated rings. The Morgan fingerprint density at radius 1 is 1.12 bits per heavy atom. The summed E-state index contributed by atoms with van der Waals surface area (Å²) in [6.07, 6.45) is -1.43. The first-order chi connectivity index (χ1) is 7.36. The number of hydrogen-bond donors (Lipinski definition) is 0. The van der Waals surface area contributed by atoms with E-state index in [1.54, 1.807) is 6.08 Å². The predicted octanol–water partition coefficient (Wildman–Crippen LogP) is 5.26. The van der Waals surface area contributed by atoms with E-state index in [2.05, 4.69) is 0 Å². The van der Waals surface area contributed by atoms with Crippen LogP contribution in [0.5, 0.6) is 0 Å². The van der Waals surface area contributed by atoms with Crippen LogP contribution in [-0.2, 0) is 6.18 Å². The van der Waals surface area contributed by atoms with Gasteiger partial charge in [0.05, 0.1) is 5.56 Å². The Morgan fingerprint density at radius 3 is 2.00 bits per heavy atom. The highest BCUT2D eigenvalue weighted by Crippen LogP contribution is 2.36. The van der Waals surface area contributed by atoms with Crippen molar-refractivity contribution in [3.63, 3.8) is 0 Å². The zero-order chi connectivity index (χ0) is 12.3. The summed E-state index contributed by atoms with van der Waals surface area (Å²) >= 11 is 16.8. The van der Waals surface area contributed by atoms with Gasteiger partial charge >= 0.3 is 6.18 Å². The van der Waals surface area contributed by atoms with Crippen LogP contribution in [0.2, 0.25) is 10.0 Å². The minimum atomic E-state index is -4.46. The molecule has 16 heavy (non-hydrogen) atoms. The van der Waals surface area contributed by atoms with Crippen molar-refractivity contribution < 1.29 is 13.2 Å². The smallest absolute Gasteiger partial charge is 0.166 e. The Morgan fingerprint density at radius 2 is 1.62 bits per heavy atom. The molecule has 0 nitrogen and oxygen atoms in total. The van der Waals surface area contributed by atoms with Gasteiger partial charge in [-0.05, 0) is 12.1 Å². The molecule has 1 aromatic rings. The van der Waals surface area contributed by atoms with Crippen LogP contribution in [0.15, 0.2) is 18.2 Å². The van der Waals surface area contributed by atoms with Crippen molar-refractivity contribution >= 4 is 40.9 Å². The van der Waals surface area contributed by atoms with Gasteiger partial charge in [0.2, 0.25) is 0 Å². The number of allylic oxidation sites excluding steroid dienone is 1. The normalized spacial score (nSPS) is 12.4. The van der Waals surface area contributed by atoms with Gasteiger partial charge in [-0.15, -0.1) is 11.6 Å². The van der Waals surface area contributed by atoms with Gasteiger partial charge in [0.15, 0.2) is 0 Å². The maximum Gasteiger partial charge on any atom is 0.416 e. The highest BCUT2D eigenvalue weighted by Gasteiger charge is 2.31. The van der Waals surface area contributed by atoms with Crippen molar-refractivity contribution in [3.05, 3.63) is 39.4 Å². The summed E-state index contributed by atoms with van der Waals surface area (Å²) in [5.41, 5.74) is -0.539. The fourth-order valence-electron chi connectivity index (χ4n) is 1.07. The monoisotopic (exact) mass is 288 g/mol. The van der Waals surface area contributed by atoms with Crippen LogP contribution in [0.3, 0.4) is 0 Å². The van der Waals surface area contributed by atoms with Crippen LogP contribution < -0.4 is 0 Å². The molecular formula is C10H6Cl3F3. The fourth-order valence-corrected chi connectivity index (χ4v) is 1.77. The molecule has 0 saturated heterocycles. The SMILES string of the molecule is FC(F)(F)c1cc(Cl)c(C=CCCl)c(Cl)c1. The third-order valence-corrected chi connectivity index (χ3v) is 2.58. The first-order valence-corrected chi connectivity index (χ1v) is 5.44. The van der Waals surface area contributed by atoms with E-state index in [9.17, 15) is 13.2 Å². The molecule has 0 amide bonds. The number of hydrogen-bond acceptors (Lipinski definition) is 0. The summed E-state index contributed by atoms with van der Waals surface area (Å²) in [6, 6.07) is 1.67. The third-order valence-electron chi connectivity index (χ3n) is 1.78. The molecule has 0 radical (unpaired) electrons. The molecule has 0 aliphatic carbocycles. The van der Waals surface area contributed by atoms with Gasteiger partial charge in [0, 0.05) is 21.5 Å². The van der Waals surface area contributed by atoms with E-state index in [4.69, 9.17) is 34.8 Å². The predicted molar refractivity (Wildman–Crippen MR) is 61.2 cm³/mol. The second kappa shape index (κ2) is 5.30. The van der Waals surface area contributed by atoms with Gasteiger partial charge in [-0.1, -0.05) is 35.4 Å². The van der Waals surface area contributed by atoms with Crippen molar-refractivity contribution in [2.24, 2.45) is 0 Å². The molecule has 0 aliphatic heterocycles. The molecule has 0 aliphatic rings. The first-order valence-electron chi connectivity index (χ1n) is 4.15. The highest BCUT2D eigenvalue weighted by molar-refractivity contribution is 6.37. The molecular weight excluding hydrogens is 283 g/mol. The van der Waals surface area contributed by atoms with Crippen molar-refractivity contribution in [1.82, 2.24) is 0 Å².